The minimum atomic E-state index is -0.201. The molecule has 0 aromatic heterocycles. The number of nitrogens with one attached hydrogen (secondary N) is 1. The molecule has 0 saturated carbocycles. The van der Waals surface area contributed by atoms with Gasteiger partial charge in [0.1, 0.15) is 0 Å². The Morgan fingerprint density at radius 2 is 2.04 bits per heavy atom. The second-order valence-corrected chi connectivity index (χ2v) is 8.02. The first-order valence-electron chi connectivity index (χ1n) is 9.97. The van der Waals surface area contributed by atoms with E-state index in [9.17, 15) is 4.79 Å². The van der Waals surface area contributed by atoms with Crippen molar-refractivity contribution in [3.05, 3.63) is 35.9 Å². The van der Waals surface area contributed by atoms with Gasteiger partial charge in [0.2, 0.25) is 0 Å². The van der Waals surface area contributed by atoms with Crippen LogP contribution in [0, 0.1) is 0 Å². The van der Waals surface area contributed by atoms with Gasteiger partial charge in [-0.15, -0.1) is 0 Å². The Morgan fingerprint density at radius 1 is 1.31 bits per heavy atom. The van der Waals surface area contributed by atoms with Crippen molar-refractivity contribution < 1.29 is 9.53 Å². The van der Waals surface area contributed by atoms with Gasteiger partial charge in [-0.25, -0.2) is 4.79 Å². The molecule has 0 bridgehead atoms. The van der Waals surface area contributed by atoms with Crippen molar-refractivity contribution in [1.29, 1.82) is 0 Å². The molecular weight excluding hydrogens is 326 g/mol. The van der Waals surface area contributed by atoms with Crippen LogP contribution in [0.1, 0.15) is 38.2 Å². The van der Waals surface area contributed by atoms with Gasteiger partial charge in [0.25, 0.3) is 0 Å². The minimum Gasteiger partial charge on any atom is -0.373 e. The Morgan fingerprint density at radius 3 is 2.69 bits per heavy atom. The van der Waals surface area contributed by atoms with E-state index in [1.54, 1.807) is 0 Å². The van der Waals surface area contributed by atoms with Gasteiger partial charge < -0.3 is 19.9 Å². The fourth-order valence-corrected chi connectivity index (χ4v) is 3.99. The molecule has 2 aliphatic heterocycles. The maximum Gasteiger partial charge on any atom is 0.317 e. The Balaban J connectivity index is 1.60. The molecule has 0 aliphatic carbocycles. The number of likely N-dealkylation sites (tertiary alicyclic amines) is 1. The van der Waals surface area contributed by atoms with E-state index in [1.165, 1.54) is 5.56 Å². The average molecular weight is 360 g/mol. The van der Waals surface area contributed by atoms with Crippen molar-refractivity contribution in [1.82, 2.24) is 15.1 Å². The van der Waals surface area contributed by atoms with Gasteiger partial charge in [0.15, 0.2) is 0 Å². The largest absolute Gasteiger partial charge is 0.373 e. The number of rotatable bonds is 6. The van der Waals surface area contributed by atoms with Crippen LogP contribution >= 0.6 is 0 Å². The Hall–Kier alpha value is -1.59. The number of carbonyl (C=O) groups is 1. The summed E-state index contributed by atoms with van der Waals surface area (Å²) in [5, 5.41) is 3.16. The first-order chi connectivity index (χ1) is 12.6. The van der Waals surface area contributed by atoms with Crippen molar-refractivity contribution in [3.63, 3.8) is 0 Å². The molecular formula is C21H33N3O2. The van der Waals surface area contributed by atoms with Gasteiger partial charge in [0, 0.05) is 25.7 Å². The zero-order chi connectivity index (χ0) is 18.4. The predicted molar refractivity (Wildman–Crippen MR) is 104 cm³/mol. The SMILES string of the molecule is CN1CCC(N(CCc2ccccc2)C(=O)NC[C@@]2(C)CCCO2)CC1. The Labute approximate surface area is 157 Å². The van der Waals surface area contributed by atoms with Crippen molar-refractivity contribution >= 4 is 6.03 Å². The summed E-state index contributed by atoms with van der Waals surface area (Å²) in [6, 6.07) is 10.8. The molecule has 144 valence electrons. The van der Waals surface area contributed by atoms with Crippen molar-refractivity contribution in [2.45, 2.75) is 50.7 Å². The molecule has 5 heteroatoms. The van der Waals surface area contributed by atoms with E-state index in [0.717, 1.165) is 58.3 Å². The van der Waals surface area contributed by atoms with Gasteiger partial charge in [-0.3, -0.25) is 0 Å². The zero-order valence-electron chi connectivity index (χ0n) is 16.2. The van der Waals surface area contributed by atoms with Gasteiger partial charge in [-0.2, -0.15) is 0 Å². The highest BCUT2D eigenvalue weighted by atomic mass is 16.5. The number of amides is 2. The third-order valence-corrected chi connectivity index (χ3v) is 5.79. The second-order valence-electron chi connectivity index (χ2n) is 8.02. The van der Waals surface area contributed by atoms with E-state index in [1.807, 2.05) is 6.07 Å². The first-order valence-corrected chi connectivity index (χ1v) is 9.97. The van der Waals surface area contributed by atoms with Crippen molar-refractivity contribution in [2.75, 3.05) is 39.8 Å². The lowest BCUT2D eigenvalue weighted by molar-refractivity contribution is 0.0210. The summed E-state index contributed by atoms with van der Waals surface area (Å²) in [5.74, 6) is 0. The molecule has 26 heavy (non-hydrogen) atoms. The van der Waals surface area contributed by atoms with E-state index in [0.29, 0.717) is 12.6 Å². The molecule has 0 radical (unpaired) electrons. The lowest BCUT2D eigenvalue weighted by atomic mass is 10.0. The summed E-state index contributed by atoms with van der Waals surface area (Å²) < 4.78 is 5.82. The van der Waals surface area contributed by atoms with Crippen LogP contribution in [0.2, 0.25) is 0 Å². The van der Waals surface area contributed by atoms with Crippen LogP contribution in [0.15, 0.2) is 30.3 Å². The zero-order valence-corrected chi connectivity index (χ0v) is 16.2. The molecule has 1 aromatic rings. The predicted octanol–water partition coefficient (Wildman–Crippen LogP) is 2.90. The number of benzene rings is 1. The van der Waals surface area contributed by atoms with E-state index in [4.69, 9.17) is 4.74 Å². The number of hydrogen-bond donors (Lipinski definition) is 1. The molecule has 2 aliphatic rings. The minimum absolute atomic E-state index is 0.0622. The Bertz CT molecular complexity index is 564. The van der Waals surface area contributed by atoms with E-state index in [2.05, 4.69) is 53.4 Å². The van der Waals surface area contributed by atoms with E-state index >= 15 is 0 Å². The van der Waals surface area contributed by atoms with Gasteiger partial charge >= 0.3 is 6.03 Å². The summed E-state index contributed by atoms with van der Waals surface area (Å²) in [6.07, 6.45) is 5.10. The molecule has 2 fully saturated rings. The van der Waals surface area contributed by atoms with Crippen LogP contribution in [-0.4, -0.2) is 67.3 Å². The highest BCUT2D eigenvalue weighted by molar-refractivity contribution is 5.74. The molecule has 0 unspecified atom stereocenters. The molecule has 5 nitrogen and oxygen atoms in total. The number of hydrogen-bond acceptors (Lipinski definition) is 3. The number of nitrogens with zero attached hydrogens (tertiary/aromatic N) is 2. The standard InChI is InChI=1S/C21H33N3O2/c1-21(12-6-16-26-21)17-22-20(25)24(19-10-13-23(2)14-11-19)15-9-18-7-4-3-5-8-18/h3-5,7-8,19H,6,9-17H2,1-2H3,(H,22,25)/t21-/m1/s1. The number of carbonyl (C=O) groups excluding carboxylic acids is 1. The molecule has 0 spiro atoms. The van der Waals surface area contributed by atoms with Crippen LogP contribution in [0.25, 0.3) is 0 Å². The average Bonchev–Trinajstić information content (AvgIpc) is 3.09. The maximum atomic E-state index is 13.0. The summed E-state index contributed by atoms with van der Waals surface area (Å²) >= 11 is 0. The van der Waals surface area contributed by atoms with Crippen LogP contribution in [0.4, 0.5) is 4.79 Å². The van der Waals surface area contributed by atoms with Gasteiger partial charge in [0.05, 0.1) is 5.60 Å². The maximum absolute atomic E-state index is 13.0. The molecule has 1 atom stereocenters. The van der Waals surface area contributed by atoms with E-state index in [-0.39, 0.29) is 11.6 Å². The fraction of sp³-hybridized carbons (Fsp3) is 0.667. The van der Waals surface area contributed by atoms with E-state index < -0.39 is 0 Å². The smallest absolute Gasteiger partial charge is 0.317 e. The van der Waals surface area contributed by atoms with Crippen LogP contribution in [0.3, 0.4) is 0 Å². The second kappa shape index (κ2) is 8.87. The molecule has 2 amide bonds. The highest BCUT2D eigenvalue weighted by Crippen LogP contribution is 2.24. The monoisotopic (exact) mass is 359 g/mol. The molecule has 3 rings (SSSR count). The fourth-order valence-electron chi connectivity index (χ4n) is 3.99. The number of ether oxygens (including phenoxy) is 1. The van der Waals surface area contributed by atoms with Crippen LogP contribution in [0.5, 0.6) is 0 Å². The van der Waals surface area contributed by atoms with Crippen molar-refractivity contribution in [2.24, 2.45) is 0 Å². The molecule has 2 heterocycles. The Kier molecular flexibility index (Phi) is 6.54. The normalized spacial score (nSPS) is 24.5. The molecule has 1 aromatic carbocycles. The number of piperidine rings is 1. The quantitative estimate of drug-likeness (QED) is 0.849. The summed E-state index contributed by atoms with van der Waals surface area (Å²) in [5.41, 5.74) is 1.08. The third-order valence-electron chi connectivity index (χ3n) is 5.79. The summed E-state index contributed by atoms with van der Waals surface area (Å²) in [6.45, 7) is 6.38. The van der Waals surface area contributed by atoms with Gasteiger partial charge in [-0.05, 0) is 64.7 Å². The third kappa shape index (κ3) is 5.21. The van der Waals surface area contributed by atoms with Crippen LogP contribution in [-0.2, 0) is 11.2 Å². The van der Waals surface area contributed by atoms with Crippen LogP contribution < -0.4 is 5.32 Å². The van der Waals surface area contributed by atoms with Crippen molar-refractivity contribution in [3.8, 4) is 0 Å². The topological polar surface area (TPSA) is 44.8 Å². The van der Waals surface area contributed by atoms with Gasteiger partial charge in [-0.1, -0.05) is 30.3 Å². The first kappa shape index (κ1) is 19.2. The number of urea groups is 1. The summed E-state index contributed by atoms with van der Waals surface area (Å²) in [4.78, 5) is 17.4. The molecule has 1 N–H and O–H groups in total. The lowest BCUT2D eigenvalue weighted by Gasteiger charge is -2.38. The lowest BCUT2D eigenvalue weighted by Crippen LogP contribution is -2.53. The summed E-state index contributed by atoms with van der Waals surface area (Å²) in [7, 11) is 2.16. The molecule has 2 saturated heterocycles. The highest BCUT2D eigenvalue weighted by Gasteiger charge is 2.32.